The van der Waals surface area contributed by atoms with Crippen molar-refractivity contribution in [2.24, 2.45) is 5.92 Å². The maximum atomic E-state index is 11.1. The van der Waals surface area contributed by atoms with Crippen molar-refractivity contribution in [1.29, 1.82) is 0 Å². The molecule has 1 aliphatic carbocycles. The maximum absolute atomic E-state index is 11.1. The molecule has 2 fully saturated rings. The largest absolute Gasteiger partial charge is 0.323 e. The number of benzene rings is 1. The van der Waals surface area contributed by atoms with Crippen LogP contribution >= 0.6 is 0 Å². The van der Waals surface area contributed by atoms with Crippen molar-refractivity contribution in [2.45, 2.75) is 45.2 Å². The third-order valence-corrected chi connectivity index (χ3v) is 5.74. The zero-order valence-electron chi connectivity index (χ0n) is 14.1. The molecule has 0 spiro atoms. The summed E-state index contributed by atoms with van der Waals surface area (Å²) in [4.78, 5) is 14.2. The predicted octanol–water partition coefficient (Wildman–Crippen LogP) is 0.457. The van der Waals surface area contributed by atoms with E-state index in [1.54, 1.807) is 17.0 Å². The zero-order valence-corrected chi connectivity index (χ0v) is 14.1. The molecule has 1 aromatic carbocycles. The van der Waals surface area contributed by atoms with Gasteiger partial charge in [-0.3, -0.25) is 10.1 Å². The normalized spacial score (nSPS) is 31.7. The second-order valence-corrected chi connectivity index (χ2v) is 7.44. The number of hydrogen-bond acceptors (Lipinski definition) is 2. The minimum absolute atomic E-state index is 0.250. The van der Waals surface area contributed by atoms with Gasteiger partial charge in [0.05, 0.1) is 16.5 Å². The topological polar surface area (TPSA) is 52.0 Å². The first-order valence-corrected chi connectivity index (χ1v) is 9.04. The molecule has 2 aliphatic rings. The van der Waals surface area contributed by atoms with Crippen LogP contribution in [0.25, 0.3) is 0 Å². The van der Waals surface area contributed by atoms with Crippen LogP contribution in [0.5, 0.6) is 0 Å². The van der Waals surface area contributed by atoms with Crippen molar-refractivity contribution in [2.75, 3.05) is 26.2 Å². The summed E-state index contributed by atoms with van der Waals surface area (Å²) in [6, 6.07) is 8.05. The summed E-state index contributed by atoms with van der Waals surface area (Å²) >= 11 is 0. The SMILES string of the molecule is C[C@H]1CCC[C@@H]([NH+]2CC[NH+](Cc3ccccc3[N+](=O)[O-])CC2)C1. The Hall–Kier alpha value is -1.46. The van der Waals surface area contributed by atoms with Gasteiger partial charge in [0.2, 0.25) is 0 Å². The van der Waals surface area contributed by atoms with Gasteiger partial charge in [-0.15, -0.1) is 0 Å². The van der Waals surface area contributed by atoms with E-state index in [2.05, 4.69) is 6.92 Å². The first kappa shape index (κ1) is 16.4. The van der Waals surface area contributed by atoms with Crippen LogP contribution in [0.2, 0.25) is 0 Å². The lowest BCUT2D eigenvalue weighted by molar-refractivity contribution is -1.03. The lowest BCUT2D eigenvalue weighted by Gasteiger charge is -2.37. The Labute approximate surface area is 138 Å². The van der Waals surface area contributed by atoms with Gasteiger partial charge in [-0.1, -0.05) is 25.5 Å². The molecule has 5 nitrogen and oxygen atoms in total. The molecule has 0 unspecified atom stereocenters. The lowest BCUT2D eigenvalue weighted by atomic mass is 9.86. The highest BCUT2D eigenvalue weighted by Crippen LogP contribution is 2.22. The first-order valence-electron chi connectivity index (χ1n) is 9.04. The summed E-state index contributed by atoms with van der Waals surface area (Å²) < 4.78 is 0. The van der Waals surface area contributed by atoms with Gasteiger partial charge in [-0.2, -0.15) is 0 Å². The standard InChI is InChI=1S/C18H27N3O2/c1-15-5-4-7-17(13-15)20-11-9-19(10-12-20)14-16-6-2-3-8-18(16)21(22)23/h2-3,6,8,15,17H,4-5,7,9-14H2,1H3/p+2/t15-,17+/m0/s1. The second-order valence-electron chi connectivity index (χ2n) is 7.44. The smallest absolute Gasteiger partial charge is 0.278 e. The molecule has 1 aliphatic heterocycles. The number of rotatable bonds is 4. The third kappa shape index (κ3) is 4.09. The van der Waals surface area contributed by atoms with E-state index in [4.69, 9.17) is 0 Å². The van der Waals surface area contributed by atoms with E-state index >= 15 is 0 Å². The summed E-state index contributed by atoms with van der Waals surface area (Å²) in [5, 5.41) is 11.1. The van der Waals surface area contributed by atoms with E-state index in [0.29, 0.717) is 0 Å². The molecule has 2 atom stereocenters. The van der Waals surface area contributed by atoms with Crippen LogP contribution in [0.1, 0.15) is 38.2 Å². The fourth-order valence-corrected chi connectivity index (χ4v) is 4.42. The summed E-state index contributed by atoms with van der Waals surface area (Å²) in [6.07, 6.45) is 5.56. The summed E-state index contributed by atoms with van der Waals surface area (Å²) in [5.74, 6) is 0.888. The Balaban J connectivity index is 1.54. The lowest BCUT2D eigenvalue weighted by Crippen LogP contribution is -3.29. The molecule has 1 heterocycles. The number of nitro groups is 1. The average molecular weight is 319 g/mol. The number of quaternary nitrogens is 2. The van der Waals surface area contributed by atoms with Crippen LogP contribution in [-0.2, 0) is 6.54 Å². The number of para-hydroxylation sites is 1. The van der Waals surface area contributed by atoms with Gasteiger partial charge in [0.15, 0.2) is 0 Å². The van der Waals surface area contributed by atoms with Crippen LogP contribution in [0.4, 0.5) is 5.69 Å². The second kappa shape index (κ2) is 7.41. The summed E-state index contributed by atoms with van der Waals surface area (Å²) in [6.45, 7) is 7.87. The van der Waals surface area contributed by atoms with Gasteiger partial charge in [0.25, 0.3) is 5.69 Å². The summed E-state index contributed by atoms with van der Waals surface area (Å²) in [7, 11) is 0. The van der Waals surface area contributed by atoms with E-state index < -0.39 is 0 Å². The molecular weight excluding hydrogens is 290 g/mol. The van der Waals surface area contributed by atoms with Crippen molar-refractivity contribution < 1.29 is 14.7 Å². The van der Waals surface area contributed by atoms with E-state index in [1.165, 1.54) is 43.7 Å². The van der Waals surface area contributed by atoms with Crippen molar-refractivity contribution in [1.82, 2.24) is 0 Å². The predicted molar refractivity (Wildman–Crippen MR) is 89.6 cm³/mol. The average Bonchev–Trinajstić information content (AvgIpc) is 2.56. The molecule has 1 saturated carbocycles. The van der Waals surface area contributed by atoms with Crippen molar-refractivity contribution in [3.05, 3.63) is 39.9 Å². The Morgan fingerprint density at radius 3 is 2.61 bits per heavy atom. The maximum Gasteiger partial charge on any atom is 0.278 e. The molecule has 0 amide bonds. The van der Waals surface area contributed by atoms with Gasteiger partial charge < -0.3 is 9.80 Å². The Morgan fingerprint density at radius 1 is 1.17 bits per heavy atom. The number of hydrogen-bond donors (Lipinski definition) is 2. The fourth-order valence-electron chi connectivity index (χ4n) is 4.42. The number of nitrogens with one attached hydrogen (secondary N) is 2. The number of nitro benzene ring substituents is 1. The monoisotopic (exact) mass is 319 g/mol. The quantitative estimate of drug-likeness (QED) is 0.626. The Bertz CT molecular complexity index is 541. The van der Waals surface area contributed by atoms with E-state index in [1.807, 2.05) is 12.1 Å². The van der Waals surface area contributed by atoms with Crippen LogP contribution in [-0.4, -0.2) is 37.1 Å². The van der Waals surface area contributed by atoms with Crippen LogP contribution < -0.4 is 9.80 Å². The number of nitrogens with zero attached hydrogens (tertiary/aromatic N) is 1. The van der Waals surface area contributed by atoms with Crippen molar-refractivity contribution >= 4 is 5.69 Å². The van der Waals surface area contributed by atoms with Crippen LogP contribution in [0.3, 0.4) is 0 Å². The van der Waals surface area contributed by atoms with Gasteiger partial charge in [0, 0.05) is 12.5 Å². The van der Waals surface area contributed by atoms with Gasteiger partial charge in [0.1, 0.15) is 32.7 Å². The molecule has 1 aromatic rings. The molecule has 1 saturated heterocycles. The molecule has 0 bridgehead atoms. The third-order valence-electron chi connectivity index (χ3n) is 5.74. The molecule has 2 N–H and O–H groups in total. The van der Waals surface area contributed by atoms with E-state index in [0.717, 1.165) is 37.2 Å². The van der Waals surface area contributed by atoms with Crippen molar-refractivity contribution in [3.8, 4) is 0 Å². The van der Waals surface area contributed by atoms with E-state index in [-0.39, 0.29) is 10.6 Å². The molecular formula is C18H29N3O2+2. The molecule has 0 aromatic heterocycles. The molecule has 23 heavy (non-hydrogen) atoms. The minimum atomic E-state index is -0.250. The molecule has 0 radical (unpaired) electrons. The molecule has 126 valence electrons. The van der Waals surface area contributed by atoms with Crippen molar-refractivity contribution in [3.63, 3.8) is 0 Å². The molecule has 3 rings (SSSR count). The highest BCUT2D eigenvalue weighted by molar-refractivity contribution is 5.39. The first-order chi connectivity index (χ1) is 11.1. The Morgan fingerprint density at radius 2 is 1.91 bits per heavy atom. The van der Waals surface area contributed by atoms with Gasteiger partial charge in [-0.05, 0) is 24.8 Å². The van der Waals surface area contributed by atoms with Gasteiger partial charge in [-0.25, -0.2) is 0 Å². The highest BCUT2D eigenvalue weighted by Gasteiger charge is 2.32. The fraction of sp³-hybridized carbons (Fsp3) is 0.667. The van der Waals surface area contributed by atoms with E-state index in [9.17, 15) is 10.1 Å². The molecule has 5 heteroatoms. The zero-order chi connectivity index (χ0) is 16.2. The van der Waals surface area contributed by atoms with Crippen LogP contribution in [0.15, 0.2) is 24.3 Å². The van der Waals surface area contributed by atoms with Gasteiger partial charge >= 0.3 is 0 Å². The number of piperazine rings is 1. The highest BCUT2D eigenvalue weighted by atomic mass is 16.6. The Kier molecular flexibility index (Phi) is 5.28. The van der Waals surface area contributed by atoms with Crippen LogP contribution in [0, 0.1) is 16.0 Å². The minimum Gasteiger partial charge on any atom is -0.323 e. The summed E-state index contributed by atoms with van der Waals surface area (Å²) in [5.41, 5.74) is 1.15.